The molecule has 0 aliphatic carbocycles. The van der Waals surface area contributed by atoms with Gasteiger partial charge in [0.25, 0.3) is 0 Å². The second kappa shape index (κ2) is 1.47. The topological polar surface area (TPSA) is 58.5 Å². The van der Waals surface area contributed by atoms with Crippen molar-refractivity contribution in [1.29, 1.82) is 0 Å². The van der Waals surface area contributed by atoms with E-state index >= 15 is 0 Å². The van der Waals surface area contributed by atoms with Crippen molar-refractivity contribution in [3.63, 3.8) is 0 Å². The van der Waals surface area contributed by atoms with Gasteiger partial charge in [-0.1, -0.05) is 0 Å². The highest BCUT2D eigenvalue weighted by Gasteiger charge is 2.07. The zero-order valence-electron chi connectivity index (χ0n) is 4.98. The molecule has 0 saturated carbocycles. The number of hydrogen-bond acceptors (Lipinski definition) is 3. The maximum absolute atomic E-state index is 8.99. The fourth-order valence-corrected chi connectivity index (χ4v) is 0.899. The molecule has 2 N–H and O–H groups in total. The monoisotopic (exact) mass is 139 g/mol. The molecule has 0 bridgehead atoms. The third kappa shape index (κ3) is 0.452. The van der Waals surface area contributed by atoms with E-state index in [4.69, 9.17) is 14.7 Å². The fourth-order valence-electron chi connectivity index (χ4n) is 0.899. The van der Waals surface area contributed by atoms with E-state index in [1.54, 1.807) is 6.07 Å². The minimum Gasteiger partial charge on any atom is -0.492 e. The van der Waals surface area contributed by atoms with Crippen molar-refractivity contribution in [3.8, 4) is 5.88 Å². The van der Waals surface area contributed by atoms with E-state index < -0.39 is 0 Å². The molecule has 4 heteroatoms. The van der Waals surface area contributed by atoms with Crippen LogP contribution in [0.1, 0.15) is 0 Å². The van der Waals surface area contributed by atoms with Crippen LogP contribution in [0.4, 0.5) is 0 Å². The Bertz CT molecular complexity index is 360. The van der Waals surface area contributed by atoms with E-state index in [2.05, 4.69) is 0 Å². The number of aromatic nitrogens is 1. The van der Waals surface area contributed by atoms with Crippen LogP contribution in [0.5, 0.6) is 5.88 Å². The van der Waals surface area contributed by atoms with Crippen LogP contribution in [0.3, 0.4) is 0 Å². The summed E-state index contributed by atoms with van der Waals surface area (Å²) in [6.07, 6.45) is 1.44. The molecule has 0 radical (unpaired) electrons. The molecule has 10 heavy (non-hydrogen) atoms. The van der Waals surface area contributed by atoms with Crippen molar-refractivity contribution in [1.82, 2.24) is 4.73 Å². The maximum atomic E-state index is 8.99. The van der Waals surface area contributed by atoms with Crippen molar-refractivity contribution in [2.45, 2.75) is 0 Å². The SMILES string of the molecule is Oc1cc2occc2n1O. The Balaban J connectivity index is 2.95. The molecule has 0 fully saturated rings. The minimum absolute atomic E-state index is 0.214. The maximum Gasteiger partial charge on any atom is 0.229 e. The van der Waals surface area contributed by atoms with Crippen LogP contribution in [0.15, 0.2) is 22.8 Å². The first kappa shape index (κ1) is 5.22. The summed E-state index contributed by atoms with van der Waals surface area (Å²) < 4.78 is 5.54. The summed E-state index contributed by atoms with van der Waals surface area (Å²) in [7, 11) is 0. The van der Waals surface area contributed by atoms with Gasteiger partial charge < -0.3 is 14.7 Å². The molecular formula is C6H5NO3. The van der Waals surface area contributed by atoms with E-state index in [0.717, 1.165) is 0 Å². The zero-order chi connectivity index (χ0) is 7.14. The first-order valence-corrected chi connectivity index (χ1v) is 2.76. The molecule has 2 rings (SSSR count). The highest BCUT2D eigenvalue weighted by Crippen LogP contribution is 2.22. The highest BCUT2D eigenvalue weighted by atomic mass is 16.5. The number of fused-ring (bicyclic) bond motifs is 1. The van der Waals surface area contributed by atoms with Crippen molar-refractivity contribution in [2.75, 3.05) is 0 Å². The molecule has 0 unspecified atom stereocenters. The molecular weight excluding hydrogens is 134 g/mol. The van der Waals surface area contributed by atoms with E-state index in [1.165, 1.54) is 12.3 Å². The lowest BCUT2D eigenvalue weighted by Gasteiger charge is -1.89. The van der Waals surface area contributed by atoms with Crippen LogP contribution in [0.25, 0.3) is 11.1 Å². The van der Waals surface area contributed by atoms with E-state index in [1.807, 2.05) is 0 Å². The summed E-state index contributed by atoms with van der Waals surface area (Å²) in [6, 6.07) is 2.91. The average molecular weight is 139 g/mol. The molecule has 0 spiro atoms. The Labute approximate surface area is 55.9 Å². The third-order valence-electron chi connectivity index (χ3n) is 1.38. The molecule has 4 nitrogen and oxygen atoms in total. The predicted octanol–water partition coefficient (Wildman–Crippen LogP) is 1.18. The quantitative estimate of drug-likeness (QED) is 0.538. The highest BCUT2D eigenvalue weighted by molar-refractivity contribution is 5.75. The fraction of sp³-hybridized carbons (Fsp3) is 0. The molecule has 0 aliphatic heterocycles. The lowest BCUT2D eigenvalue weighted by atomic mass is 10.5. The van der Waals surface area contributed by atoms with Gasteiger partial charge in [0, 0.05) is 12.1 Å². The molecule has 0 amide bonds. The Morgan fingerprint density at radius 1 is 1.50 bits per heavy atom. The van der Waals surface area contributed by atoms with Crippen LogP contribution < -0.4 is 0 Å². The van der Waals surface area contributed by atoms with E-state index in [9.17, 15) is 0 Å². The van der Waals surface area contributed by atoms with Gasteiger partial charge in [-0.15, -0.1) is 4.73 Å². The Kier molecular flexibility index (Phi) is 0.768. The summed E-state index contributed by atoms with van der Waals surface area (Å²) in [6.45, 7) is 0. The molecule has 52 valence electrons. The zero-order valence-corrected chi connectivity index (χ0v) is 4.98. The number of rotatable bonds is 0. The summed E-state index contributed by atoms with van der Waals surface area (Å²) in [5.41, 5.74) is 0.942. The van der Waals surface area contributed by atoms with Gasteiger partial charge in [-0.25, -0.2) is 0 Å². The van der Waals surface area contributed by atoms with Crippen LogP contribution >= 0.6 is 0 Å². The van der Waals surface area contributed by atoms with E-state index in [0.29, 0.717) is 15.8 Å². The van der Waals surface area contributed by atoms with Crippen molar-refractivity contribution in [3.05, 3.63) is 18.4 Å². The minimum atomic E-state index is -0.214. The molecule has 0 atom stereocenters. The second-order valence-corrected chi connectivity index (χ2v) is 1.98. The summed E-state index contributed by atoms with van der Waals surface area (Å²) in [5, 5.41) is 17.9. The summed E-state index contributed by atoms with van der Waals surface area (Å²) >= 11 is 0. The van der Waals surface area contributed by atoms with Gasteiger partial charge in [0.05, 0.1) is 6.26 Å². The van der Waals surface area contributed by atoms with Crippen LogP contribution in [0, 0.1) is 0 Å². The predicted molar refractivity (Wildman–Crippen MR) is 33.1 cm³/mol. The van der Waals surface area contributed by atoms with Crippen molar-refractivity contribution >= 4 is 11.1 Å². The van der Waals surface area contributed by atoms with Gasteiger partial charge in [-0.3, -0.25) is 0 Å². The Morgan fingerprint density at radius 3 is 3.00 bits per heavy atom. The average Bonchev–Trinajstić information content (AvgIpc) is 2.41. The summed E-state index contributed by atoms with van der Waals surface area (Å²) in [4.78, 5) is 0. The number of aromatic hydroxyl groups is 1. The Morgan fingerprint density at radius 2 is 2.30 bits per heavy atom. The smallest absolute Gasteiger partial charge is 0.229 e. The third-order valence-corrected chi connectivity index (χ3v) is 1.38. The molecule has 2 aromatic heterocycles. The van der Waals surface area contributed by atoms with Crippen LogP contribution in [0.2, 0.25) is 0 Å². The Hall–Kier alpha value is -1.58. The van der Waals surface area contributed by atoms with Gasteiger partial charge in [0.15, 0.2) is 5.58 Å². The first-order chi connectivity index (χ1) is 4.79. The normalized spacial score (nSPS) is 10.8. The lowest BCUT2D eigenvalue weighted by molar-refractivity contribution is 0.168. The van der Waals surface area contributed by atoms with Gasteiger partial charge in [0.1, 0.15) is 5.52 Å². The van der Waals surface area contributed by atoms with Gasteiger partial charge in [0.2, 0.25) is 5.88 Å². The summed E-state index contributed by atoms with van der Waals surface area (Å²) in [5.74, 6) is -0.214. The number of hydrogen-bond donors (Lipinski definition) is 2. The van der Waals surface area contributed by atoms with Crippen LogP contribution in [-0.4, -0.2) is 15.0 Å². The second-order valence-electron chi connectivity index (χ2n) is 1.98. The first-order valence-electron chi connectivity index (χ1n) is 2.76. The van der Waals surface area contributed by atoms with Crippen molar-refractivity contribution in [2.24, 2.45) is 0 Å². The van der Waals surface area contributed by atoms with Gasteiger partial charge in [-0.2, -0.15) is 0 Å². The van der Waals surface area contributed by atoms with Gasteiger partial charge in [-0.05, 0) is 0 Å². The number of furan rings is 1. The van der Waals surface area contributed by atoms with Crippen molar-refractivity contribution < 1.29 is 14.7 Å². The molecule has 0 aliphatic rings. The molecule has 0 saturated heterocycles. The van der Waals surface area contributed by atoms with Crippen LogP contribution in [-0.2, 0) is 0 Å². The lowest BCUT2D eigenvalue weighted by Crippen LogP contribution is -1.85. The van der Waals surface area contributed by atoms with E-state index in [-0.39, 0.29) is 5.88 Å². The largest absolute Gasteiger partial charge is 0.492 e. The molecule has 2 aromatic rings. The number of nitrogens with zero attached hydrogens (tertiary/aromatic N) is 1. The molecule has 2 heterocycles. The van der Waals surface area contributed by atoms with Gasteiger partial charge >= 0.3 is 0 Å². The molecule has 0 aromatic carbocycles. The standard InChI is InChI=1S/C6H5NO3/c8-6-3-5-4(7(6)9)1-2-10-5/h1-3,8-9H.